The minimum absolute atomic E-state index is 0. The van der Waals surface area contributed by atoms with Gasteiger partial charge in [0.1, 0.15) is 17.7 Å². The Labute approximate surface area is 130 Å². The molecule has 0 aliphatic heterocycles. The molecule has 1 N–H and O–H groups in total. The largest absolute Gasteiger partial charge is 1.00 e. The molecule has 1 amide bonds. The number of carbonyl (C=O) groups is 1. The molecule has 0 saturated carbocycles. The number of hydrogen-bond acceptors (Lipinski definition) is 4. The SMILES string of the molecule is CCCCCCC(=O)NC([S-])=C(C#N)C#N.[Na+]. The zero-order chi connectivity index (χ0) is 12.4. The number of amides is 1. The fraction of sp³-hybridized carbons (Fsp3) is 0.545. The van der Waals surface area contributed by atoms with E-state index < -0.39 is 0 Å². The number of nitrogens with zero attached hydrogens (tertiary/aromatic N) is 2. The summed E-state index contributed by atoms with van der Waals surface area (Å²) in [4.78, 5) is 11.3. The van der Waals surface area contributed by atoms with Crippen molar-refractivity contribution >= 4 is 18.5 Å². The van der Waals surface area contributed by atoms with Gasteiger partial charge in [-0.05, 0) is 6.42 Å². The molecule has 0 fully saturated rings. The van der Waals surface area contributed by atoms with Crippen molar-refractivity contribution in [2.45, 2.75) is 39.0 Å². The zero-order valence-electron chi connectivity index (χ0n) is 10.2. The molecular weight excluding hydrogens is 245 g/mol. The van der Waals surface area contributed by atoms with E-state index in [1.807, 2.05) is 0 Å². The maximum atomic E-state index is 11.3. The smallest absolute Gasteiger partial charge is 0.760 e. The van der Waals surface area contributed by atoms with Gasteiger partial charge in [-0.3, -0.25) is 4.79 Å². The average molecular weight is 259 g/mol. The number of rotatable bonds is 6. The van der Waals surface area contributed by atoms with Gasteiger partial charge < -0.3 is 17.9 Å². The van der Waals surface area contributed by atoms with Crippen LogP contribution >= 0.6 is 0 Å². The van der Waals surface area contributed by atoms with Crippen LogP contribution in [0.4, 0.5) is 0 Å². The summed E-state index contributed by atoms with van der Waals surface area (Å²) in [5.74, 6) is -0.232. The zero-order valence-corrected chi connectivity index (χ0v) is 13.1. The van der Waals surface area contributed by atoms with Gasteiger partial charge in [-0.15, -0.1) is 0 Å². The van der Waals surface area contributed by atoms with Crippen molar-refractivity contribution in [1.29, 1.82) is 10.5 Å². The molecule has 0 rings (SSSR count). The minimum Gasteiger partial charge on any atom is -0.760 e. The van der Waals surface area contributed by atoms with Crippen LogP contribution in [-0.4, -0.2) is 5.91 Å². The third-order valence-electron chi connectivity index (χ3n) is 1.96. The molecule has 0 unspecified atom stereocenters. The number of carbonyl (C=O) groups excluding carboxylic acids is 1. The van der Waals surface area contributed by atoms with Crippen molar-refractivity contribution in [3.8, 4) is 12.1 Å². The number of allylic oxidation sites excluding steroid dienone is 1. The summed E-state index contributed by atoms with van der Waals surface area (Å²) in [5.41, 5.74) is -0.225. The van der Waals surface area contributed by atoms with Gasteiger partial charge in [0.2, 0.25) is 5.91 Å². The molecule has 4 nitrogen and oxygen atoms in total. The summed E-state index contributed by atoms with van der Waals surface area (Å²) in [6.07, 6.45) is 4.40. The Hall–Kier alpha value is -0.590. The molecule has 0 heterocycles. The van der Waals surface area contributed by atoms with E-state index in [4.69, 9.17) is 23.2 Å². The first kappa shape index (κ1) is 18.8. The number of nitrogens with one attached hydrogen (secondary N) is 1. The van der Waals surface area contributed by atoms with E-state index >= 15 is 0 Å². The van der Waals surface area contributed by atoms with Gasteiger partial charge >= 0.3 is 29.6 Å². The first-order valence-corrected chi connectivity index (χ1v) is 5.57. The predicted octanol–water partition coefficient (Wildman–Crippen LogP) is -1.12. The van der Waals surface area contributed by atoms with Crippen LogP contribution in [0.3, 0.4) is 0 Å². The molecule has 0 saturated heterocycles. The summed E-state index contributed by atoms with van der Waals surface area (Å²) in [5, 5.41) is 19.3. The van der Waals surface area contributed by atoms with Crippen molar-refractivity contribution in [3.05, 3.63) is 10.6 Å². The maximum absolute atomic E-state index is 11.3. The second-order valence-electron chi connectivity index (χ2n) is 3.29. The third kappa shape index (κ3) is 9.14. The van der Waals surface area contributed by atoms with Crippen LogP contribution in [0.5, 0.6) is 0 Å². The molecule has 0 aliphatic carbocycles. The Morgan fingerprint density at radius 3 is 2.29 bits per heavy atom. The quantitative estimate of drug-likeness (QED) is 0.284. The van der Waals surface area contributed by atoms with E-state index in [0.29, 0.717) is 6.42 Å². The Morgan fingerprint density at radius 2 is 1.82 bits per heavy atom. The first-order valence-electron chi connectivity index (χ1n) is 5.17. The Balaban J connectivity index is 0. The predicted molar refractivity (Wildman–Crippen MR) is 62.5 cm³/mol. The molecule has 86 valence electrons. The van der Waals surface area contributed by atoms with Gasteiger partial charge in [0.15, 0.2) is 0 Å². The van der Waals surface area contributed by atoms with Gasteiger partial charge in [0.05, 0.1) is 0 Å². The van der Waals surface area contributed by atoms with Crippen LogP contribution in [0.1, 0.15) is 39.0 Å². The third-order valence-corrected chi connectivity index (χ3v) is 2.27. The first-order chi connectivity index (χ1) is 7.65. The normalized spacial score (nSPS) is 8.18. The van der Waals surface area contributed by atoms with Gasteiger partial charge in [-0.1, -0.05) is 31.2 Å². The molecule has 0 aromatic carbocycles. The topological polar surface area (TPSA) is 76.7 Å². The number of nitriles is 2. The van der Waals surface area contributed by atoms with Gasteiger partial charge in [0.25, 0.3) is 0 Å². The van der Waals surface area contributed by atoms with Crippen molar-refractivity contribution < 1.29 is 34.4 Å². The minimum atomic E-state index is -0.232. The van der Waals surface area contributed by atoms with E-state index in [1.54, 1.807) is 12.1 Å². The van der Waals surface area contributed by atoms with Crippen LogP contribution in [0.15, 0.2) is 10.6 Å². The summed E-state index contributed by atoms with van der Waals surface area (Å²) in [7, 11) is 0. The number of unbranched alkanes of at least 4 members (excludes halogenated alkanes) is 3. The molecular formula is C11H14N3NaOS. The summed E-state index contributed by atoms with van der Waals surface area (Å²) in [6, 6.07) is 3.27. The van der Waals surface area contributed by atoms with Crippen molar-refractivity contribution in [3.63, 3.8) is 0 Å². The Bertz CT molecular complexity index is 339. The summed E-state index contributed by atoms with van der Waals surface area (Å²) < 4.78 is 0. The molecule has 17 heavy (non-hydrogen) atoms. The van der Waals surface area contributed by atoms with Crippen LogP contribution in [-0.2, 0) is 17.4 Å². The van der Waals surface area contributed by atoms with Crippen LogP contribution in [0, 0.1) is 22.7 Å². The molecule has 0 spiro atoms. The fourth-order valence-corrected chi connectivity index (χ4v) is 1.30. The van der Waals surface area contributed by atoms with Crippen LogP contribution in [0.2, 0.25) is 0 Å². The molecule has 0 aliphatic rings. The monoisotopic (exact) mass is 259 g/mol. The van der Waals surface area contributed by atoms with Crippen LogP contribution in [0.25, 0.3) is 0 Å². The van der Waals surface area contributed by atoms with Crippen molar-refractivity contribution in [1.82, 2.24) is 5.32 Å². The Morgan fingerprint density at radius 1 is 1.24 bits per heavy atom. The van der Waals surface area contributed by atoms with Gasteiger partial charge in [-0.25, -0.2) is 0 Å². The van der Waals surface area contributed by atoms with Gasteiger partial charge in [-0.2, -0.15) is 10.5 Å². The van der Waals surface area contributed by atoms with Crippen molar-refractivity contribution in [2.24, 2.45) is 0 Å². The summed E-state index contributed by atoms with van der Waals surface area (Å²) >= 11 is 4.74. The molecule has 6 heteroatoms. The van der Waals surface area contributed by atoms with E-state index in [0.717, 1.165) is 25.7 Å². The molecule has 0 radical (unpaired) electrons. The second-order valence-corrected chi connectivity index (χ2v) is 3.69. The summed E-state index contributed by atoms with van der Waals surface area (Å²) in [6.45, 7) is 2.09. The molecule has 0 aromatic heterocycles. The fourth-order valence-electron chi connectivity index (χ4n) is 1.09. The Kier molecular flexibility index (Phi) is 13.1. The van der Waals surface area contributed by atoms with Crippen molar-refractivity contribution in [2.75, 3.05) is 0 Å². The van der Waals surface area contributed by atoms with E-state index in [9.17, 15) is 4.79 Å². The second kappa shape index (κ2) is 11.9. The molecule has 0 atom stereocenters. The maximum Gasteiger partial charge on any atom is 1.00 e. The van der Waals surface area contributed by atoms with E-state index in [1.165, 1.54) is 0 Å². The van der Waals surface area contributed by atoms with Crippen LogP contribution < -0.4 is 34.9 Å². The van der Waals surface area contributed by atoms with Gasteiger partial charge in [0, 0.05) is 6.42 Å². The average Bonchev–Trinajstić information content (AvgIpc) is 2.26. The number of hydrogen-bond donors (Lipinski definition) is 1. The van der Waals surface area contributed by atoms with E-state index in [2.05, 4.69) is 12.2 Å². The standard InChI is InChI=1S/C11H15N3OS.Na/c1-2-3-4-5-6-10(15)14-11(16)9(7-12)8-13;/h16H,2-6H2,1H3,(H,14,15);/q;+1/p-1. The van der Waals surface area contributed by atoms with E-state index in [-0.39, 0.29) is 46.1 Å². The molecule has 0 bridgehead atoms. The molecule has 0 aromatic rings.